The first-order chi connectivity index (χ1) is 10.2. The lowest BCUT2D eigenvalue weighted by molar-refractivity contribution is -0.355. The number of rotatable bonds is 3. The number of ether oxygens (including phenoxy) is 2. The van der Waals surface area contributed by atoms with Crippen LogP contribution in [0, 0.1) is 5.21 Å². The molecule has 0 fully saturated rings. The lowest BCUT2D eigenvalue weighted by Gasteiger charge is -2.03. The molecule has 0 unspecified atom stereocenters. The lowest BCUT2D eigenvalue weighted by Crippen LogP contribution is -2.16. The zero-order valence-electron chi connectivity index (χ0n) is 11.6. The van der Waals surface area contributed by atoms with E-state index in [1.54, 1.807) is 49.6 Å². The van der Waals surface area contributed by atoms with Crippen LogP contribution in [0.1, 0.15) is 15.9 Å². The van der Waals surface area contributed by atoms with Crippen LogP contribution >= 0.6 is 0 Å². The van der Waals surface area contributed by atoms with Crippen LogP contribution < -0.4 is 9.47 Å². The van der Waals surface area contributed by atoms with Crippen molar-refractivity contribution in [2.24, 2.45) is 0 Å². The van der Waals surface area contributed by atoms with E-state index in [4.69, 9.17) is 9.47 Å². The predicted molar refractivity (Wildman–Crippen MR) is 77.7 cm³/mol. The number of ketones is 1. The maximum absolute atomic E-state index is 12.5. The average Bonchev–Trinajstić information content (AvgIpc) is 2.78. The molecule has 0 spiro atoms. The fourth-order valence-electron chi connectivity index (χ4n) is 2.34. The van der Waals surface area contributed by atoms with Crippen molar-refractivity contribution in [1.29, 1.82) is 0 Å². The Labute approximate surface area is 121 Å². The number of fused-ring (bicyclic) bond motifs is 1. The van der Waals surface area contributed by atoms with E-state index in [0.717, 1.165) is 0 Å². The van der Waals surface area contributed by atoms with Gasteiger partial charge in [0.25, 0.3) is 11.5 Å². The van der Waals surface area contributed by atoms with E-state index >= 15 is 0 Å². The van der Waals surface area contributed by atoms with E-state index < -0.39 is 0 Å². The minimum Gasteiger partial charge on any atom is -0.618 e. The van der Waals surface area contributed by atoms with Gasteiger partial charge in [-0.1, -0.05) is 0 Å². The molecule has 3 rings (SSSR count). The summed E-state index contributed by atoms with van der Waals surface area (Å²) >= 11 is 0. The van der Waals surface area contributed by atoms with Crippen molar-refractivity contribution in [2.75, 3.05) is 14.2 Å². The van der Waals surface area contributed by atoms with Crippen LogP contribution in [0.5, 0.6) is 11.5 Å². The molecule has 0 aliphatic carbocycles. The number of hydrogen-bond acceptors (Lipinski definition) is 4. The SMILES string of the molecule is COc1ccc(C2=[N+]([O-])c3ccc(OC)cc3C2=O)cc1. The summed E-state index contributed by atoms with van der Waals surface area (Å²) in [6.45, 7) is 0. The Bertz CT molecular complexity index is 747. The van der Waals surface area contributed by atoms with Crippen molar-refractivity contribution in [3.8, 4) is 11.5 Å². The highest BCUT2D eigenvalue weighted by Crippen LogP contribution is 2.31. The third-order valence-electron chi connectivity index (χ3n) is 3.45. The van der Waals surface area contributed by atoms with Gasteiger partial charge < -0.3 is 14.7 Å². The number of benzene rings is 2. The van der Waals surface area contributed by atoms with Gasteiger partial charge in [0.05, 0.1) is 19.8 Å². The Morgan fingerprint density at radius 3 is 2.19 bits per heavy atom. The molecule has 0 saturated heterocycles. The van der Waals surface area contributed by atoms with Gasteiger partial charge in [-0.25, -0.2) is 0 Å². The molecule has 2 aromatic rings. The molecule has 0 bridgehead atoms. The molecule has 5 nitrogen and oxygen atoms in total. The Kier molecular flexibility index (Phi) is 3.10. The molecule has 2 aromatic carbocycles. The van der Waals surface area contributed by atoms with Crippen LogP contribution in [0.3, 0.4) is 0 Å². The molecule has 1 heterocycles. The lowest BCUT2D eigenvalue weighted by atomic mass is 10.0. The van der Waals surface area contributed by atoms with Gasteiger partial charge in [0.2, 0.25) is 5.69 Å². The molecule has 0 amide bonds. The second-order valence-electron chi connectivity index (χ2n) is 4.58. The third kappa shape index (κ3) is 2.03. The highest BCUT2D eigenvalue weighted by molar-refractivity contribution is 6.52. The topological polar surface area (TPSA) is 61.6 Å². The fraction of sp³-hybridized carbons (Fsp3) is 0.125. The van der Waals surface area contributed by atoms with E-state index in [0.29, 0.717) is 33.1 Å². The van der Waals surface area contributed by atoms with Crippen molar-refractivity contribution in [3.05, 3.63) is 58.8 Å². The standard InChI is InChI=1S/C16H13NO4/c1-20-11-5-3-10(4-6-11)15-16(18)13-9-12(21-2)7-8-14(13)17(15)19/h3-9H,1-2H3. The van der Waals surface area contributed by atoms with Gasteiger partial charge >= 0.3 is 0 Å². The highest BCUT2D eigenvalue weighted by Gasteiger charge is 2.36. The van der Waals surface area contributed by atoms with Crippen LogP contribution in [-0.2, 0) is 0 Å². The Morgan fingerprint density at radius 2 is 1.57 bits per heavy atom. The largest absolute Gasteiger partial charge is 0.618 e. The van der Waals surface area contributed by atoms with E-state index in [9.17, 15) is 10.0 Å². The normalized spacial score (nSPS) is 13.3. The molecule has 1 aliphatic rings. The molecular weight excluding hydrogens is 270 g/mol. The first-order valence-electron chi connectivity index (χ1n) is 6.37. The Morgan fingerprint density at radius 1 is 0.952 bits per heavy atom. The van der Waals surface area contributed by atoms with Gasteiger partial charge in [0, 0.05) is 6.07 Å². The van der Waals surface area contributed by atoms with Gasteiger partial charge in [0.15, 0.2) is 0 Å². The Balaban J connectivity index is 2.08. The van der Waals surface area contributed by atoms with Crippen LogP contribution in [0.2, 0.25) is 0 Å². The molecule has 0 atom stereocenters. The summed E-state index contributed by atoms with van der Waals surface area (Å²) in [5, 5.41) is 12.3. The number of carbonyl (C=O) groups excluding carboxylic acids is 1. The first kappa shape index (κ1) is 13.2. The second kappa shape index (κ2) is 4.94. The van der Waals surface area contributed by atoms with Crippen molar-refractivity contribution in [3.63, 3.8) is 0 Å². The smallest absolute Gasteiger partial charge is 0.272 e. The summed E-state index contributed by atoms with van der Waals surface area (Å²) in [6, 6.07) is 11.7. The minimum atomic E-state index is -0.302. The van der Waals surface area contributed by atoms with Gasteiger partial charge in [-0.3, -0.25) is 4.79 Å². The van der Waals surface area contributed by atoms with E-state index in [-0.39, 0.29) is 11.5 Å². The maximum Gasteiger partial charge on any atom is 0.272 e. The Hall–Kier alpha value is -2.82. The monoisotopic (exact) mass is 283 g/mol. The number of nitrogens with zero attached hydrogens (tertiary/aromatic N) is 1. The summed E-state index contributed by atoms with van der Waals surface area (Å²) < 4.78 is 10.8. The summed E-state index contributed by atoms with van der Waals surface area (Å²) in [7, 11) is 3.08. The molecule has 5 heteroatoms. The summed E-state index contributed by atoms with van der Waals surface area (Å²) in [6.07, 6.45) is 0. The molecule has 0 radical (unpaired) electrons. The van der Waals surface area contributed by atoms with Crippen molar-refractivity contribution >= 4 is 17.2 Å². The highest BCUT2D eigenvalue weighted by atomic mass is 16.5. The summed E-state index contributed by atoms with van der Waals surface area (Å²) in [5.41, 5.74) is 1.37. The minimum absolute atomic E-state index is 0.112. The third-order valence-corrected chi connectivity index (χ3v) is 3.45. The molecule has 0 saturated carbocycles. The molecule has 106 valence electrons. The molecule has 0 aromatic heterocycles. The zero-order chi connectivity index (χ0) is 15.0. The van der Waals surface area contributed by atoms with Gasteiger partial charge in [-0.15, -0.1) is 0 Å². The van der Waals surface area contributed by atoms with Crippen LogP contribution in [0.4, 0.5) is 5.69 Å². The van der Waals surface area contributed by atoms with Crippen LogP contribution in [0.15, 0.2) is 42.5 Å². The molecular formula is C16H13NO4. The van der Waals surface area contributed by atoms with Gasteiger partial charge in [-0.05, 0) is 36.4 Å². The van der Waals surface area contributed by atoms with Crippen molar-refractivity contribution < 1.29 is 19.0 Å². The van der Waals surface area contributed by atoms with Crippen LogP contribution in [0.25, 0.3) is 0 Å². The number of carbonyl (C=O) groups is 1. The van der Waals surface area contributed by atoms with E-state index in [1.165, 1.54) is 7.11 Å². The first-order valence-corrected chi connectivity index (χ1v) is 6.37. The number of hydrogen-bond donors (Lipinski definition) is 0. The average molecular weight is 283 g/mol. The second-order valence-corrected chi connectivity index (χ2v) is 4.58. The maximum atomic E-state index is 12.5. The van der Waals surface area contributed by atoms with Crippen molar-refractivity contribution in [1.82, 2.24) is 0 Å². The van der Waals surface area contributed by atoms with E-state index in [1.807, 2.05) is 0 Å². The zero-order valence-corrected chi connectivity index (χ0v) is 11.6. The quantitative estimate of drug-likeness (QED) is 0.641. The molecule has 21 heavy (non-hydrogen) atoms. The van der Waals surface area contributed by atoms with Gasteiger partial charge in [0.1, 0.15) is 17.1 Å². The van der Waals surface area contributed by atoms with E-state index in [2.05, 4.69) is 0 Å². The number of methoxy groups -OCH3 is 2. The predicted octanol–water partition coefficient (Wildman–Crippen LogP) is 2.53. The van der Waals surface area contributed by atoms with Crippen LogP contribution in [-0.4, -0.2) is 30.5 Å². The summed E-state index contributed by atoms with van der Waals surface area (Å²) in [5.74, 6) is 0.914. The van der Waals surface area contributed by atoms with Crippen molar-refractivity contribution in [2.45, 2.75) is 0 Å². The fourth-order valence-corrected chi connectivity index (χ4v) is 2.34. The molecule has 1 aliphatic heterocycles. The van der Waals surface area contributed by atoms with Gasteiger partial charge in [-0.2, -0.15) is 4.74 Å². The summed E-state index contributed by atoms with van der Waals surface area (Å²) in [4.78, 5) is 12.5. The molecule has 0 N–H and O–H groups in total. The number of Topliss-reactive ketones (excluding diaryl/α,β-unsaturated/α-hetero) is 1.